The zero-order chi connectivity index (χ0) is 22.6. The molecule has 4 rings (SSSR count). The second-order valence-electron chi connectivity index (χ2n) is 7.32. The number of halogens is 3. The Morgan fingerprint density at radius 1 is 1.26 bits per heavy atom. The van der Waals surface area contributed by atoms with Crippen LogP contribution in [0.2, 0.25) is 0 Å². The van der Waals surface area contributed by atoms with E-state index in [4.69, 9.17) is 14.4 Å². The summed E-state index contributed by atoms with van der Waals surface area (Å²) in [6.07, 6.45) is -3.53. The highest BCUT2D eigenvalue weighted by atomic mass is 19.4. The molecule has 2 aromatic heterocycles. The van der Waals surface area contributed by atoms with E-state index >= 15 is 0 Å². The lowest BCUT2D eigenvalue weighted by Crippen LogP contribution is -2.43. The number of nitrogens with one attached hydrogen (secondary N) is 1. The third-order valence-electron chi connectivity index (χ3n) is 4.64. The average Bonchev–Trinajstić information content (AvgIpc) is 3.24. The Morgan fingerprint density at radius 2 is 1.90 bits per heavy atom. The highest BCUT2D eigenvalue weighted by molar-refractivity contribution is 5.73. The maximum absolute atomic E-state index is 10.6. The fourth-order valence-electron chi connectivity index (χ4n) is 3.02. The number of carboxylic acid groups (broad SMARTS) is 1. The first-order valence-electron chi connectivity index (χ1n) is 9.56. The summed E-state index contributed by atoms with van der Waals surface area (Å²) in [6, 6.07) is 10.4. The van der Waals surface area contributed by atoms with Gasteiger partial charge in [-0.15, -0.1) is 0 Å². The molecule has 1 aromatic carbocycles. The van der Waals surface area contributed by atoms with Crippen molar-refractivity contribution >= 4 is 5.97 Å². The lowest BCUT2D eigenvalue weighted by molar-refractivity contribution is -0.192. The molecule has 1 saturated heterocycles. The van der Waals surface area contributed by atoms with E-state index in [1.807, 2.05) is 11.6 Å². The Balaban J connectivity index is 0.000000339. The number of benzene rings is 1. The Labute approximate surface area is 176 Å². The minimum absolute atomic E-state index is 0.649. The summed E-state index contributed by atoms with van der Waals surface area (Å²) in [4.78, 5) is 13.4. The zero-order valence-electron chi connectivity index (χ0n) is 17.0. The van der Waals surface area contributed by atoms with E-state index in [2.05, 4.69) is 57.8 Å². The first-order valence-corrected chi connectivity index (χ1v) is 9.56. The predicted molar refractivity (Wildman–Crippen MR) is 104 cm³/mol. The van der Waals surface area contributed by atoms with Gasteiger partial charge in [-0.3, -0.25) is 0 Å². The first kappa shape index (κ1) is 22.5. The molecule has 166 valence electrons. The molecular formula is C20H22F3N5O3. The van der Waals surface area contributed by atoms with Crippen molar-refractivity contribution in [3.63, 3.8) is 0 Å². The van der Waals surface area contributed by atoms with Crippen LogP contribution >= 0.6 is 0 Å². The molecule has 0 saturated carbocycles. The van der Waals surface area contributed by atoms with Crippen molar-refractivity contribution in [2.45, 2.75) is 32.9 Å². The maximum atomic E-state index is 10.6. The van der Waals surface area contributed by atoms with E-state index in [0.717, 1.165) is 48.0 Å². The van der Waals surface area contributed by atoms with Crippen LogP contribution in [0.15, 0.2) is 34.9 Å². The van der Waals surface area contributed by atoms with E-state index in [1.165, 1.54) is 0 Å². The molecule has 0 unspecified atom stereocenters. The molecule has 31 heavy (non-hydrogen) atoms. The highest BCUT2D eigenvalue weighted by Crippen LogP contribution is 2.16. The van der Waals surface area contributed by atoms with Crippen molar-refractivity contribution in [1.82, 2.24) is 25.2 Å². The van der Waals surface area contributed by atoms with Crippen LogP contribution in [0.1, 0.15) is 28.7 Å². The van der Waals surface area contributed by atoms with Gasteiger partial charge in [0.15, 0.2) is 5.82 Å². The molecule has 0 aliphatic carbocycles. The van der Waals surface area contributed by atoms with Crippen LogP contribution in [0.3, 0.4) is 0 Å². The molecule has 8 nitrogen and oxygen atoms in total. The molecule has 0 spiro atoms. The molecule has 3 aromatic rings. The zero-order valence-corrected chi connectivity index (χ0v) is 17.0. The van der Waals surface area contributed by atoms with Crippen LogP contribution in [0.25, 0.3) is 5.69 Å². The van der Waals surface area contributed by atoms with E-state index in [0.29, 0.717) is 18.2 Å². The number of aliphatic carboxylic acids is 1. The summed E-state index contributed by atoms with van der Waals surface area (Å²) in [5.74, 6) is -0.616. The van der Waals surface area contributed by atoms with Gasteiger partial charge in [0.05, 0.1) is 17.8 Å². The lowest BCUT2D eigenvalue weighted by Gasteiger charge is -2.25. The first-order chi connectivity index (χ1) is 14.6. The van der Waals surface area contributed by atoms with Crippen LogP contribution in [-0.4, -0.2) is 50.3 Å². The number of carboxylic acids is 1. The van der Waals surface area contributed by atoms with Gasteiger partial charge in [0.2, 0.25) is 5.89 Å². The molecule has 1 aliphatic heterocycles. The largest absolute Gasteiger partial charge is 0.490 e. The number of aryl methyl sites for hydroxylation is 2. The van der Waals surface area contributed by atoms with Crippen molar-refractivity contribution < 1.29 is 27.6 Å². The highest BCUT2D eigenvalue weighted by Gasteiger charge is 2.38. The molecule has 0 bridgehead atoms. The number of aromatic nitrogens is 4. The van der Waals surface area contributed by atoms with Gasteiger partial charge >= 0.3 is 12.1 Å². The second-order valence-corrected chi connectivity index (χ2v) is 7.32. The summed E-state index contributed by atoms with van der Waals surface area (Å²) in [6.45, 7) is 6.17. The monoisotopic (exact) mass is 437 g/mol. The smallest absolute Gasteiger partial charge is 0.475 e. The Bertz CT molecular complexity index is 1020. The SMILES string of the molecule is Cc1cc(C)n(-c2ccc(Cc3nc(CC4CNC4)no3)cc2)n1.O=C(O)C(F)(F)F. The van der Waals surface area contributed by atoms with Crippen LogP contribution in [0.4, 0.5) is 13.2 Å². The molecule has 1 aliphatic rings. The maximum Gasteiger partial charge on any atom is 0.490 e. The van der Waals surface area contributed by atoms with E-state index < -0.39 is 12.1 Å². The molecule has 3 heterocycles. The summed E-state index contributed by atoms with van der Waals surface area (Å²) < 4.78 is 39.1. The molecule has 0 atom stereocenters. The summed E-state index contributed by atoms with van der Waals surface area (Å²) in [5.41, 5.74) is 4.37. The number of carbonyl (C=O) groups is 1. The molecular weight excluding hydrogens is 415 g/mol. The van der Waals surface area contributed by atoms with Crippen LogP contribution in [0, 0.1) is 19.8 Å². The van der Waals surface area contributed by atoms with Gasteiger partial charge in [0.1, 0.15) is 0 Å². The van der Waals surface area contributed by atoms with E-state index in [-0.39, 0.29) is 0 Å². The molecule has 11 heteroatoms. The van der Waals surface area contributed by atoms with Crippen molar-refractivity contribution in [3.05, 3.63) is 59.0 Å². The van der Waals surface area contributed by atoms with Crippen molar-refractivity contribution in [3.8, 4) is 5.69 Å². The van der Waals surface area contributed by atoms with Gasteiger partial charge in [-0.2, -0.15) is 23.3 Å². The summed E-state index contributed by atoms with van der Waals surface area (Å²) in [7, 11) is 0. The fourth-order valence-corrected chi connectivity index (χ4v) is 3.02. The van der Waals surface area contributed by atoms with E-state index in [1.54, 1.807) is 0 Å². The third kappa shape index (κ3) is 6.14. The lowest BCUT2D eigenvalue weighted by atomic mass is 9.99. The topological polar surface area (TPSA) is 106 Å². The normalized spacial score (nSPS) is 14.0. The second kappa shape index (κ2) is 9.29. The Kier molecular flexibility index (Phi) is 6.74. The van der Waals surface area contributed by atoms with Crippen LogP contribution in [-0.2, 0) is 17.6 Å². The predicted octanol–water partition coefficient (Wildman–Crippen LogP) is 2.86. The van der Waals surface area contributed by atoms with Gasteiger partial charge in [-0.1, -0.05) is 17.3 Å². The van der Waals surface area contributed by atoms with Gasteiger partial charge in [0.25, 0.3) is 0 Å². The number of rotatable bonds is 5. The average molecular weight is 437 g/mol. The van der Waals surface area contributed by atoms with Gasteiger partial charge < -0.3 is 14.9 Å². The van der Waals surface area contributed by atoms with Gasteiger partial charge in [0, 0.05) is 12.1 Å². The quantitative estimate of drug-likeness (QED) is 0.632. The van der Waals surface area contributed by atoms with Gasteiger partial charge in [-0.25, -0.2) is 9.48 Å². The van der Waals surface area contributed by atoms with Crippen molar-refractivity contribution in [2.75, 3.05) is 13.1 Å². The molecule has 2 N–H and O–H groups in total. The summed E-state index contributed by atoms with van der Waals surface area (Å²) in [5, 5.41) is 19.0. The number of alkyl halides is 3. The standard InChI is InChI=1S/C18H21N5O.C2HF3O2/c1-12-7-13(2)23(21-12)16-5-3-14(4-6-16)9-18-20-17(22-24-18)8-15-10-19-11-15;3-2(4,5)1(6)7/h3-7,15,19H,8-11H2,1-2H3;(H,6,7). The van der Waals surface area contributed by atoms with Gasteiger partial charge in [-0.05, 0) is 56.6 Å². The molecule has 1 fully saturated rings. The van der Waals surface area contributed by atoms with Crippen molar-refractivity contribution in [1.29, 1.82) is 0 Å². The number of nitrogens with zero attached hydrogens (tertiary/aromatic N) is 4. The fraction of sp³-hybridized carbons (Fsp3) is 0.400. The molecule has 0 radical (unpaired) electrons. The number of hydrogen-bond acceptors (Lipinski definition) is 6. The summed E-state index contributed by atoms with van der Waals surface area (Å²) >= 11 is 0. The third-order valence-corrected chi connectivity index (χ3v) is 4.64. The Hall–Kier alpha value is -3.21. The van der Waals surface area contributed by atoms with E-state index in [9.17, 15) is 13.2 Å². The minimum atomic E-state index is -5.08. The minimum Gasteiger partial charge on any atom is -0.475 e. The van der Waals surface area contributed by atoms with Crippen molar-refractivity contribution in [2.24, 2.45) is 5.92 Å². The van der Waals surface area contributed by atoms with Crippen LogP contribution in [0.5, 0.6) is 0 Å². The number of hydrogen-bond donors (Lipinski definition) is 2. The van der Waals surface area contributed by atoms with Crippen LogP contribution < -0.4 is 5.32 Å². The molecule has 0 amide bonds. The Morgan fingerprint density at radius 3 is 2.39 bits per heavy atom.